The number of nitrogens with zero attached hydrogens (tertiary/aromatic N) is 2. The quantitative estimate of drug-likeness (QED) is 0.268. The van der Waals surface area contributed by atoms with Crippen molar-refractivity contribution in [2.24, 2.45) is 0 Å². The molecule has 0 aliphatic rings. The van der Waals surface area contributed by atoms with E-state index in [1.165, 1.54) is 6.42 Å². The van der Waals surface area contributed by atoms with Crippen molar-refractivity contribution in [1.29, 1.82) is 0 Å². The molecule has 2 heterocycles. The van der Waals surface area contributed by atoms with Crippen molar-refractivity contribution in [3.05, 3.63) is 71.9 Å². The first kappa shape index (κ1) is 24.7. The average Bonchev–Trinajstić information content (AvgIpc) is 3.55. The maximum atomic E-state index is 12.9. The highest BCUT2D eigenvalue weighted by molar-refractivity contribution is 7.89. The Bertz CT molecular complexity index is 1310. The lowest BCUT2D eigenvalue weighted by Crippen LogP contribution is -2.26. The third-order valence-electron chi connectivity index (χ3n) is 5.88. The summed E-state index contributed by atoms with van der Waals surface area (Å²) in [4.78, 5) is 0.259. The molecule has 0 radical (unpaired) electrons. The molecule has 0 aliphatic carbocycles. The third-order valence-corrected chi connectivity index (χ3v) is 7.36. The maximum Gasteiger partial charge on any atom is 0.240 e. The third kappa shape index (κ3) is 5.98. The van der Waals surface area contributed by atoms with Crippen LogP contribution in [0.5, 0.6) is 5.75 Å². The van der Waals surface area contributed by atoms with E-state index >= 15 is 0 Å². The number of aromatic amines is 1. The van der Waals surface area contributed by atoms with Crippen LogP contribution >= 0.6 is 0 Å². The van der Waals surface area contributed by atoms with Gasteiger partial charge in [-0.2, -0.15) is 5.10 Å². The zero-order valence-corrected chi connectivity index (χ0v) is 20.8. The van der Waals surface area contributed by atoms with Crippen molar-refractivity contribution in [2.75, 3.05) is 13.7 Å². The lowest BCUT2D eigenvalue weighted by atomic mass is 10.0. The fourth-order valence-corrected chi connectivity index (χ4v) is 4.98. The Kier molecular flexibility index (Phi) is 7.99. The molecule has 9 heteroatoms. The number of rotatable bonds is 12. The minimum atomic E-state index is -3.64. The summed E-state index contributed by atoms with van der Waals surface area (Å²) in [6, 6.07) is 16.4. The number of ether oxygens (including phenoxy) is 1. The molecule has 0 saturated carbocycles. The van der Waals surface area contributed by atoms with E-state index in [0.29, 0.717) is 17.9 Å². The average molecular weight is 495 g/mol. The van der Waals surface area contributed by atoms with E-state index < -0.39 is 10.0 Å². The Morgan fingerprint density at radius 1 is 1.00 bits per heavy atom. The summed E-state index contributed by atoms with van der Waals surface area (Å²) in [6.07, 6.45) is 6.36. The topological polar surface area (TPSA) is 110 Å². The number of unbranched alkanes of at least 4 members (excludes halogenated alkanes) is 2. The van der Waals surface area contributed by atoms with Gasteiger partial charge >= 0.3 is 0 Å². The molecule has 184 valence electrons. The molecule has 0 aliphatic heterocycles. The Morgan fingerprint density at radius 3 is 2.43 bits per heavy atom. The van der Waals surface area contributed by atoms with Gasteiger partial charge in [0.2, 0.25) is 10.0 Å². The summed E-state index contributed by atoms with van der Waals surface area (Å²) < 4.78 is 39.1. The van der Waals surface area contributed by atoms with E-state index in [1.807, 2.05) is 36.4 Å². The summed E-state index contributed by atoms with van der Waals surface area (Å²) in [5.74, 6) is 1.28. The molecule has 0 bridgehead atoms. The van der Waals surface area contributed by atoms with Gasteiger partial charge in [-0.25, -0.2) is 13.1 Å². The second-order valence-corrected chi connectivity index (χ2v) is 10.0. The normalized spacial score (nSPS) is 11.6. The van der Waals surface area contributed by atoms with Crippen molar-refractivity contribution < 1.29 is 17.7 Å². The monoisotopic (exact) mass is 494 g/mol. The Labute approximate surface area is 205 Å². The number of sulfonamides is 1. The summed E-state index contributed by atoms with van der Waals surface area (Å²) in [7, 11) is -2.03. The molecule has 0 atom stereocenters. The fraction of sp³-hybridized carbons (Fsp3) is 0.308. The fourth-order valence-electron chi connectivity index (χ4n) is 3.95. The van der Waals surface area contributed by atoms with Gasteiger partial charge in [0.1, 0.15) is 11.4 Å². The van der Waals surface area contributed by atoms with E-state index in [0.717, 1.165) is 47.4 Å². The van der Waals surface area contributed by atoms with Gasteiger partial charge in [0.25, 0.3) is 0 Å². The number of nitrogens with one attached hydrogen (secondary N) is 2. The van der Waals surface area contributed by atoms with Crippen LogP contribution in [0.2, 0.25) is 0 Å². The Balaban J connectivity index is 1.50. The van der Waals surface area contributed by atoms with Crippen molar-refractivity contribution >= 4 is 10.0 Å². The molecule has 4 aromatic rings. The van der Waals surface area contributed by atoms with E-state index in [1.54, 1.807) is 31.5 Å². The highest BCUT2D eigenvalue weighted by Gasteiger charge is 2.20. The van der Waals surface area contributed by atoms with Gasteiger partial charge in [-0.1, -0.05) is 37.1 Å². The van der Waals surface area contributed by atoms with Crippen LogP contribution < -0.4 is 9.46 Å². The number of benzene rings is 2. The zero-order chi connectivity index (χ0) is 24.7. The summed E-state index contributed by atoms with van der Waals surface area (Å²) in [6.45, 7) is 2.36. The number of H-pyrrole nitrogens is 1. The first-order chi connectivity index (χ1) is 17.0. The molecule has 8 nitrogen and oxygen atoms in total. The molecule has 0 amide bonds. The number of methoxy groups -OCH3 is 1. The van der Waals surface area contributed by atoms with Gasteiger partial charge in [0.05, 0.1) is 23.9 Å². The Morgan fingerprint density at radius 2 is 1.77 bits per heavy atom. The molecule has 2 aromatic carbocycles. The molecule has 0 fully saturated rings. The van der Waals surface area contributed by atoms with E-state index in [-0.39, 0.29) is 11.4 Å². The van der Waals surface area contributed by atoms with Crippen LogP contribution in [0, 0.1) is 0 Å². The van der Waals surface area contributed by atoms with Gasteiger partial charge in [-0.05, 0) is 61.2 Å². The van der Waals surface area contributed by atoms with Gasteiger partial charge in [-0.3, -0.25) is 5.10 Å². The smallest absolute Gasteiger partial charge is 0.240 e. The van der Waals surface area contributed by atoms with Crippen molar-refractivity contribution in [1.82, 2.24) is 20.1 Å². The van der Waals surface area contributed by atoms with E-state index in [4.69, 9.17) is 9.26 Å². The van der Waals surface area contributed by atoms with Crippen LogP contribution in [0.4, 0.5) is 0 Å². The second-order valence-electron chi connectivity index (χ2n) is 8.28. The molecule has 0 unspecified atom stereocenters. The number of aromatic nitrogens is 3. The molecule has 0 spiro atoms. The first-order valence-electron chi connectivity index (χ1n) is 11.7. The van der Waals surface area contributed by atoms with Crippen LogP contribution in [-0.2, 0) is 22.9 Å². The van der Waals surface area contributed by atoms with Crippen LogP contribution in [-0.4, -0.2) is 37.4 Å². The standard InChI is InChI=1S/C26H30N4O4S/c1-3-4-5-6-19-7-13-22(14-8-19)35(31,32)28-18-15-23-25(20-9-11-21(33-2)12-10-20)29-30-26(23)24-16-17-27-34-24/h7-14,16-17,28H,3-6,15,18H2,1-2H3,(H,29,30). The van der Waals surface area contributed by atoms with Gasteiger partial charge in [0, 0.05) is 23.7 Å². The molecule has 0 saturated heterocycles. The predicted molar refractivity (Wildman–Crippen MR) is 135 cm³/mol. The minimum absolute atomic E-state index is 0.199. The molecule has 2 aromatic heterocycles. The van der Waals surface area contributed by atoms with Crippen molar-refractivity contribution in [3.8, 4) is 28.5 Å². The van der Waals surface area contributed by atoms with Crippen LogP contribution in [0.3, 0.4) is 0 Å². The second kappa shape index (κ2) is 11.3. The maximum absolute atomic E-state index is 12.9. The lowest BCUT2D eigenvalue weighted by molar-refractivity contribution is 0.415. The van der Waals surface area contributed by atoms with Gasteiger partial charge in [0.15, 0.2) is 5.76 Å². The molecule has 35 heavy (non-hydrogen) atoms. The minimum Gasteiger partial charge on any atom is -0.497 e. The first-order valence-corrected chi connectivity index (χ1v) is 13.2. The van der Waals surface area contributed by atoms with E-state index in [2.05, 4.69) is 27.0 Å². The van der Waals surface area contributed by atoms with Crippen LogP contribution in [0.15, 0.2) is 70.2 Å². The predicted octanol–water partition coefficient (Wildman–Crippen LogP) is 4.99. The number of hydrogen-bond acceptors (Lipinski definition) is 6. The van der Waals surface area contributed by atoms with Crippen molar-refractivity contribution in [3.63, 3.8) is 0 Å². The SMILES string of the molecule is CCCCCc1ccc(S(=O)(=O)NCCc2c(-c3ccc(OC)cc3)n[nH]c2-c2ccno2)cc1. The zero-order valence-electron chi connectivity index (χ0n) is 20.0. The molecule has 4 rings (SSSR count). The molecule has 2 N–H and O–H groups in total. The van der Waals surface area contributed by atoms with E-state index in [9.17, 15) is 8.42 Å². The highest BCUT2D eigenvalue weighted by atomic mass is 32.2. The van der Waals surface area contributed by atoms with Crippen LogP contribution in [0.1, 0.15) is 37.3 Å². The largest absolute Gasteiger partial charge is 0.497 e. The van der Waals surface area contributed by atoms with Gasteiger partial charge < -0.3 is 9.26 Å². The van der Waals surface area contributed by atoms with Crippen molar-refractivity contribution in [2.45, 2.75) is 43.9 Å². The number of aryl methyl sites for hydroxylation is 1. The molecular weight excluding hydrogens is 464 g/mol. The van der Waals surface area contributed by atoms with Crippen LogP contribution in [0.25, 0.3) is 22.7 Å². The number of hydrogen-bond donors (Lipinski definition) is 2. The van der Waals surface area contributed by atoms with Gasteiger partial charge in [-0.15, -0.1) is 0 Å². The molecular formula is C26H30N4O4S. The Hall–Kier alpha value is -3.43. The summed E-state index contributed by atoms with van der Waals surface area (Å²) in [5.41, 5.74) is 4.25. The summed E-state index contributed by atoms with van der Waals surface area (Å²) >= 11 is 0. The lowest BCUT2D eigenvalue weighted by Gasteiger charge is -2.09. The highest BCUT2D eigenvalue weighted by Crippen LogP contribution is 2.31. The summed E-state index contributed by atoms with van der Waals surface area (Å²) in [5, 5.41) is 11.3.